The van der Waals surface area contributed by atoms with Gasteiger partial charge in [0.2, 0.25) is 0 Å². The molecule has 0 unspecified atom stereocenters. The Labute approximate surface area is 312 Å². The van der Waals surface area contributed by atoms with Crippen LogP contribution in [-0.2, 0) is 0 Å². The number of aromatic hydroxyl groups is 1. The number of benzene rings is 3. The molecule has 10 nitrogen and oxygen atoms in total. The van der Waals surface area contributed by atoms with Gasteiger partial charge in [0.05, 0.1) is 27.8 Å². The monoisotopic (exact) mass is 705 g/mol. The number of nitrogens with zero attached hydrogens (tertiary/aromatic N) is 6. The van der Waals surface area contributed by atoms with Gasteiger partial charge in [0.15, 0.2) is 5.75 Å². The van der Waals surface area contributed by atoms with Crippen molar-refractivity contribution in [2.75, 3.05) is 0 Å². The Morgan fingerprint density at radius 1 is 0.759 bits per heavy atom. The molecular formula is C42H31B2N6O4. The van der Waals surface area contributed by atoms with Crippen LogP contribution in [-0.4, -0.2) is 38.9 Å². The van der Waals surface area contributed by atoms with E-state index in [1.54, 1.807) is 54.9 Å². The van der Waals surface area contributed by atoms with E-state index in [1.165, 1.54) is 13.7 Å². The fraction of sp³-hybridized carbons (Fsp3) is 0.0952. The van der Waals surface area contributed by atoms with Gasteiger partial charge in [-0.3, -0.25) is 9.97 Å². The van der Waals surface area contributed by atoms with Crippen LogP contribution >= 0.6 is 0 Å². The molecule has 5 heterocycles. The number of nitriles is 2. The molecule has 0 amide bonds. The molecule has 0 bridgehead atoms. The van der Waals surface area contributed by atoms with Crippen molar-refractivity contribution in [2.45, 2.75) is 26.7 Å². The number of rotatable bonds is 8. The van der Waals surface area contributed by atoms with Gasteiger partial charge in [-0.15, -0.1) is 0 Å². The molecule has 0 spiro atoms. The number of hydrogen-bond donors (Lipinski definition) is 1. The molecule has 54 heavy (non-hydrogen) atoms. The van der Waals surface area contributed by atoms with Gasteiger partial charge in [-0.05, 0) is 66.9 Å². The summed E-state index contributed by atoms with van der Waals surface area (Å²) in [6.45, 7) is 6.09. The summed E-state index contributed by atoms with van der Waals surface area (Å²) in [5, 5.41) is 35.2. The van der Waals surface area contributed by atoms with E-state index in [1.807, 2.05) is 90.4 Å². The van der Waals surface area contributed by atoms with Crippen molar-refractivity contribution >= 4 is 36.8 Å². The minimum absolute atomic E-state index is 0.0498. The molecule has 1 N–H and O–H groups in total. The Hall–Kier alpha value is -7.17. The number of hydrogen-bond acceptors (Lipinski definition) is 8. The molecule has 3 aromatic carbocycles. The van der Waals surface area contributed by atoms with Crippen LogP contribution in [0.5, 0.6) is 23.0 Å². The van der Waals surface area contributed by atoms with Crippen molar-refractivity contribution in [2.24, 2.45) is 0 Å². The lowest BCUT2D eigenvalue weighted by Crippen LogP contribution is -2.43. The van der Waals surface area contributed by atoms with Crippen molar-refractivity contribution in [3.63, 3.8) is 0 Å². The predicted molar refractivity (Wildman–Crippen MR) is 207 cm³/mol. The van der Waals surface area contributed by atoms with E-state index in [0.717, 1.165) is 16.8 Å². The first-order valence-electron chi connectivity index (χ1n) is 17.4. The predicted octanol–water partition coefficient (Wildman–Crippen LogP) is 6.25. The standard InChI is InChI=1S/C42H31B2N6O4/c1-26(2)39-37-38(40(29(24-45)31-16-10-12-22-47-31)49(39)43-52-34-19-7-6-18-33(34)51)41(28-15-5-4-14-27(28)3)50(44-53-35-20-8-9-21-36(35)54-44)42(37)30(25-46)32-17-11-13-23-48-32/h4-23,26,51H,1-3H3/b40-29-,42-30-. The average molecular weight is 705 g/mol. The summed E-state index contributed by atoms with van der Waals surface area (Å²) in [4.78, 5) is 9.26. The highest BCUT2D eigenvalue weighted by Crippen LogP contribution is 2.39. The van der Waals surface area contributed by atoms with Crippen molar-refractivity contribution in [3.05, 3.63) is 155 Å². The van der Waals surface area contributed by atoms with E-state index < -0.39 is 7.25 Å². The number of fused-ring (bicyclic) bond motifs is 2. The summed E-state index contributed by atoms with van der Waals surface area (Å²) in [5.41, 5.74) is 4.54. The topological polar surface area (TPSA) is 131 Å². The average Bonchev–Trinajstić information content (AvgIpc) is 3.86. The maximum atomic E-state index is 11.1. The second-order valence-corrected chi connectivity index (χ2v) is 13.0. The number of aryl methyl sites for hydroxylation is 1. The lowest BCUT2D eigenvalue weighted by molar-refractivity contribution is 0.441. The Bertz CT molecular complexity index is 2740. The minimum Gasteiger partial charge on any atom is -0.540 e. The zero-order valence-corrected chi connectivity index (χ0v) is 29.6. The first kappa shape index (κ1) is 33.9. The Balaban J connectivity index is 1.64. The number of phenols is 1. The molecular weight excluding hydrogens is 674 g/mol. The molecule has 8 rings (SSSR count). The molecule has 0 saturated carbocycles. The van der Waals surface area contributed by atoms with Crippen molar-refractivity contribution in [1.29, 1.82) is 10.5 Å². The van der Waals surface area contributed by atoms with Crippen LogP contribution in [0.2, 0.25) is 0 Å². The van der Waals surface area contributed by atoms with E-state index in [9.17, 15) is 15.6 Å². The van der Waals surface area contributed by atoms with Crippen LogP contribution in [0.15, 0.2) is 122 Å². The van der Waals surface area contributed by atoms with Crippen molar-refractivity contribution in [1.82, 2.24) is 18.9 Å². The number of pyridine rings is 2. The van der Waals surface area contributed by atoms with Crippen LogP contribution in [0, 0.1) is 29.6 Å². The quantitative estimate of drug-likeness (QED) is 0.184. The minimum atomic E-state index is -1.05. The third kappa shape index (κ3) is 5.71. The van der Waals surface area contributed by atoms with E-state index in [2.05, 4.69) is 22.1 Å². The largest absolute Gasteiger partial charge is 0.743 e. The summed E-state index contributed by atoms with van der Waals surface area (Å²) in [5.74, 6) is 1.07. The Kier molecular flexibility index (Phi) is 8.86. The fourth-order valence-electron chi connectivity index (χ4n) is 7.05. The van der Waals surface area contributed by atoms with Crippen LogP contribution in [0.25, 0.3) is 33.2 Å². The molecule has 12 heteroatoms. The lowest BCUT2D eigenvalue weighted by atomic mass is 9.99. The molecule has 259 valence electrons. The summed E-state index contributed by atoms with van der Waals surface area (Å²) in [6, 6.07) is 37.8. The SMILES string of the molecule is Cc1ccccc1-c1c2/c(=C(\C#N)c3ccccn3)n([B]Oc3ccccc3O)c(C(C)C)c2/c(=C(\C#N)c2ccccn2)n1B1Oc2ccccc2O1. The third-order valence-corrected chi connectivity index (χ3v) is 9.35. The molecule has 1 aliphatic heterocycles. The molecule has 0 aliphatic carbocycles. The van der Waals surface area contributed by atoms with Crippen LogP contribution in [0.1, 0.15) is 42.4 Å². The highest BCUT2D eigenvalue weighted by Gasteiger charge is 2.42. The third-order valence-electron chi connectivity index (χ3n) is 9.35. The zero-order valence-electron chi connectivity index (χ0n) is 29.6. The second kappa shape index (κ2) is 14.1. The second-order valence-electron chi connectivity index (χ2n) is 13.0. The summed E-state index contributed by atoms with van der Waals surface area (Å²) >= 11 is 0. The molecule has 4 aromatic heterocycles. The van der Waals surface area contributed by atoms with Crippen molar-refractivity contribution < 1.29 is 19.1 Å². The van der Waals surface area contributed by atoms with Gasteiger partial charge in [0.25, 0.3) is 0 Å². The molecule has 0 saturated heterocycles. The fourth-order valence-corrected chi connectivity index (χ4v) is 7.05. The Morgan fingerprint density at radius 2 is 1.33 bits per heavy atom. The van der Waals surface area contributed by atoms with E-state index in [0.29, 0.717) is 50.1 Å². The van der Waals surface area contributed by atoms with Gasteiger partial charge in [-0.25, -0.2) is 0 Å². The maximum Gasteiger partial charge on any atom is 0.743 e. The van der Waals surface area contributed by atoms with Gasteiger partial charge in [0.1, 0.15) is 40.5 Å². The highest BCUT2D eigenvalue weighted by atomic mass is 16.6. The first-order valence-corrected chi connectivity index (χ1v) is 17.4. The smallest absolute Gasteiger partial charge is 0.540 e. The van der Waals surface area contributed by atoms with Gasteiger partial charge >= 0.3 is 14.9 Å². The molecule has 7 aromatic rings. The zero-order chi connectivity index (χ0) is 37.3. The van der Waals surface area contributed by atoms with E-state index in [4.69, 9.17) is 14.0 Å². The maximum absolute atomic E-state index is 11.1. The molecule has 0 atom stereocenters. The molecule has 0 fully saturated rings. The van der Waals surface area contributed by atoms with E-state index >= 15 is 0 Å². The van der Waals surface area contributed by atoms with Gasteiger partial charge in [-0.1, -0.05) is 74.5 Å². The van der Waals surface area contributed by atoms with Gasteiger partial charge in [0, 0.05) is 34.4 Å². The summed E-state index contributed by atoms with van der Waals surface area (Å²) in [7, 11) is 0.454. The summed E-state index contributed by atoms with van der Waals surface area (Å²) in [6.07, 6.45) is 3.29. The molecule has 1 radical (unpaired) electrons. The number of aromatic nitrogens is 4. The van der Waals surface area contributed by atoms with Crippen molar-refractivity contribution in [3.8, 4) is 46.4 Å². The highest BCUT2D eigenvalue weighted by molar-refractivity contribution is 6.47. The van der Waals surface area contributed by atoms with Gasteiger partial charge in [-0.2, -0.15) is 10.5 Å². The number of phenolic OH excluding ortho intramolecular Hbond substituents is 1. The first-order chi connectivity index (χ1) is 26.4. The van der Waals surface area contributed by atoms with E-state index in [-0.39, 0.29) is 28.6 Å². The summed E-state index contributed by atoms with van der Waals surface area (Å²) < 4.78 is 23.1. The van der Waals surface area contributed by atoms with Gasteiger partial charge < -0.3 is 28.0 Å². The number of para-hydroxylation sites is 4. The van der Waals surface area contributed by atoms with Crippen LogP contribution in [0.3, 0.4) is 0 Å². The van der Waals surface area contributed by atoms with Crippen LogP contribution in [0.4, 0.5) is 0 Å². The Morgan fingerprint density at radius 3 is 1.91 bits per heavy atom. The molecule has 1 aliphatic rings. The van der Waals surface area contributed by atoms with Crippen LogP contribution < -0.4 is 24.7 Å². The normalized spacial score (nSPS) is 13.0. The lowest BCUT2D eigenvalue weighted by Gasteiger charge is -2.17.